The Morgan fingerprint density at radius 3 is 2.42 bits per heavy atom. The summed E-state index contributed by atoms with van der Waals surface area (Å²) in [5.41, 5.74) is 1.00. The summed E-state index contributed by atoms with van der Waals surface area (Å²) in [4.78, 5) is 57.7. The fraction of sp³-hybridized carbons (Fsp3) is 0.357. The number of anilines is 1. The minimum atomic E-state index is -0.813. The largest absolute Gasteiger partial charge is 0.497 e. The van der Waals surface area contributed by atoms with Gasteiger partial charge in [0, 0.05) is 23.9 Å². The molecule has 1 aromatic heterocycles. The minimum absolute atomic E-state index is 0.116. The van der Waals surface area contributed by atoms with Gasteiger partial charge in [0.1, 0.15) is 17.5 Å². The first-order valence-corrected chi connectivity index (χ1v) is 15.4. The molecule has 40 heavy (non-hydrogen) atoms. The van der Waals surface area contributed by atoms with Gasteiger partial charge in [-0.2, -0.15) is 0 Å². The standard InChI is InChI=1S/C28H25Cl2N3O5S2/c1-38-16-10-8-15(9-11-16)33-25(35)21-20(17-6-5-7-18(29)22(17)30)24-27(39-23(21)26(33)36)32(28(37)40-24)14-19(34)31-12-3-2-4-13-31/h5-11,20-21,23H,2-4,12-14H2,1H3/t20-,21-,23+/m0/s1. The number of imide groups is 1. The van der Waals surface area contributed by atoms with E-state index in [2.05, 4.69) is 0 Å². The summed E-state index contributed by atoms with van der Waals surface area (Å²) in [6.07, 6.45) is 2.96. The SMILES string of the molecule is COc1ccc(N2C(=O)[C@H]3[C@H](c4cccc(Cl)c4Cl)c4sc(=O)n(CC(=O)N5CCCCC5)c4S[C@H]3C2=O)cc1. The highest BCUT2D eigenvalue weighted by Crippen LogP contribution is 2.55. The third-order valence-electron chi connectivity index (χ3n) is 7.70. The molecule has 3 atom stereocenters. The van der Waals surface area contributed by atoms with Crippen molar-refractivity contribution in [3.8, 4) is 5.75 Å². The molecule has 0 spiro atoms. The van der Waals surface area contributed by atoms with E-state index >= 15 is 0 Å². The van der Waals surface area contributed by atoms with Gasteiger partial charge in [0.15, 0.2) is 0 Å². The Bertz CT molecular complexity index is 1560. The Hall–Kier alpha value is -2.79. The summed E-state index contributed by atoms with van der Waals surface area (Å²) in [5, 5.41) is 0.296. The first-order valence-electron chi connectivity index (χ1n) is 12.9. The fourth-order valence-electron chi connectivity index (χ4n) is 5.72. The van der Waals surface area contributed by atoms with Gasteiger partial charge >= 0.3 is 4.87 Å². The second-order valence-electron chi connectivity index (χ2n) is 9.96. The summed E-state index contributed by atoms with van der Waals surface area (Å²) in [7, 11) is 1.54. The number of rotatable bonds is 5. The lowest BCUT2D eigenvalue weighted by atomic mass is 9.83. The molecule has 3 amide bonds. The Labute approximate surface area is 248 Å². The van der Waals surface area contributed by atoms with Crippen LogP contribution < -0.4 is 14.5 Å². The Morgan fingerprint density at radius 2 is 1.73 bits per heavy atom. The van der Waals surface area contributed by atoms with Crippen molar-refractivity contribution in [3.05, 3.63) is 72.6 Å². The van der Waals surface area contributed by atoms with E-state index in [0.29, 0.717) is 45.0 Å². The molecule has 0 bridgehead atoms. The number of nitrogens with zero attached hydrogens (tertiary/aromatic N) is 3. The van der Waals surface area contributed by atoms with Crippen molar-refractivity contribution >= 4 is 69.7 Å². The van der Waals surface area contributed by atoms with E-state index in [4.69, 9.17) is 27.9 Å². The zero-order chi connectivity index (χ0) is 28.1. The molecule has 0 aliphatic carbocycles. The second-order valence-corrected chi connectivity index (χ2v) is 12.9. The van der Waals surface area contributed by atoms with Gasteiger partial charge in [0.25, 0.3) is 0 Å². The van der Waals surface area contributed by atoms with Gasteiger partial charge in [-0.15, -0.1) is 0 Å². The van der Waals surface area contributed by atoms with Crippen molar-refractivity contribution in [2.24, 2.45) is 5.92 Å². The molecule has 6 rings (SSSR count). The molecule has 0 N–H and O–H groups in total. The average molecular weight is 619 g/mol. The third-order valence-corrected chi connectivity index (χ3v) is 11.1. The van der Waals surface area contributed by atoms with Crippen LogP contribution in [0.2, 0.25) is 10.0 Å². The number of methoxy groups -OCH3 is 1. The number of ether oxygens (including phenoxy) is 1. The van der Waals surface area contributed by atoms with E-state index < -0.39 is 17.1 Å². The van der Waals surface area contributed by atoms with E-state index in [1.54, 1.807) is 54.5 Å². The first-order chi connectivity index (χ1) is 19.3. The molecule has 3 aliphatic rings. The molecular formula is C28H25Cl2N3O5S2. The van der Waals surface area contributed by atoms with Gasteiger partial charge in [0.05, 0.1) is 33.8 Å². The Morgan fingerprint density at radius 1 is 1.00 bits per heavy atom. The number of aromatic nitrogens is 1. The van der Waals surface area contributed by atoms with Gasteiger partial charge in [-0.3, -0.25) is 23.7 Å². The highest BCUT2D eigenvalue weighted by atomic mass is 35.5. The highest BCUT2D eigenvalue weighted by Gasteiger charge is 2.57. The van der Waals surface area contributed by atoms with Crippen molar-refractivity contribution in [1.82, 2.24) is 9.47 Å². The van der Waals surface area contributed by atoms with Crippen LogP contribution in [0.1, 0.15) is 35.6 Å². The number of halogens is 2. The fourth-order valence-corrected chi connectivity index (χ4v) is 8.90. The van der Waals surface area contributed by atoms with Crippen LogP contribution in [0.15, 0.2) is 52.3 Å². The van der Waals surface area contributed by atoms with Crippen LogP contribution in [-0.2, 0) is 20.9 Å². The zero-order valence-corrected chi connectivity index (χ0v) is 24.6. The molecule has 0 saturated carbocycles. The normalized spacial score (nSPS) is 22.3. The van der Waals surface area contributed by atoms with E-state index in [9.17, 15) is 19.2 Å². The molecule has 0 radical (unpaired) electrons. The van der Waals surface area contributed by atoms with Gasteiger partial charge in [0.2, 0.25) is 17.7 Å². The second kappa shape index (κ2) is 10.9. The van der Waals surface area contributed by atoms with Crippen molar-refractivity contribution in [1.29, 1.82) is 0 Å². The number of thiazole rings is 1. The van der Waals surface area contributed by atoms with Crippen LogP contribution in [0, 0.1) is 5.92 Å². The number of likely N-dealkylation sites (tertiary alicyclic amines) is 1. The smallest absolute Gasteiger partial charge is 0.308 e. The van der Waals surface area contributed by atoms with E-state index in [1.165, 1.54) is 21.2 Å². The van der Waals surface area contributed by atoms with Crippen LogP contribution >= 0.6 is 46.3 Å². The summed E-state index contributed by atoms with van der Waals surface area (Å²) >= 11 is 15.2. The van der Waals surface area contributed by atoms with Crippen molar-refractivity contribution in [2.75, 3.05) is 25.1 Å². The molecule has 208 valence electrons. The number of hydrogen-bond acceptors (Lipinski definition) is 7. The number of thioether (sulfide) groups is 1. The highest BCUT2D eigenvalue weighted by molar-refractivity contribution is 8.00. The van der Waals surface area contributed by atoms with Crippen LogP contribution in [0.25, 0.3) is 0 Å². The monoisotopic (exact) mass is 617 g/mol. The summed E-state index contributed by atoms with van der Waals surface area (Å²) in [5.74, 6) is -1.79. The predicted octanol–water partition coefficient (Wildman–Crippen LogP) is 5.03. The van der Waals surface area contributed by atoms with E-state index in [-0.39, 0.29) is 34.2 Å². The molecule has 0 unspecified atom stereocenters. The quantitative estimate of drug-likeness (QED) is 0.373. The Balaban J connectivity index is 1.45. The van der Waals surface area contributed by atoms with E-state index in [0.717, 1.165) is 30.6 Å². The summed E-state index contributed by atoms with van der Waals surface area (Å²) < 4.78 is 6.68. The van der Waals surface area contributed by atoms with Crippen LogP contribution in [0.5, 0.6) is 5.75 Å². The molecule has 8 nitrogen and oxygen atoms in total. The summed E-state index contributed by atoms with van der Waals surface area (Å²) in [6, 6.07) is 11.9. The van der Waals surface area contributed by atoms with Gasteiger partial charge in [-0.05, 0) is 55.2 Å². The van der Waals surface area contributed by atoms with Gasteiger partial charge in [-0.25, -0.2) is 4.90 Å². The number of piperidine rings is 1. The lowest BCUT2D eigenvalue weighted by Crippen LogP contribution is -2.39. The first kappa shape index (κ1) is 27.4. The van der Waals surface area contributed by atoms with Crippen LogP contribution in [0.4, 0.5) is 5.69 Å². The molecular weight excluding hydrogens is 593 g/mol. The Kier molecular flexibility index (Phi) is 7.45. The third kappa shape index (κ3) is 4.55. The number of hydrogen-bond donors (Lipinski definition) is 0. The molecule has 3 aliphatic heterocycles. The van der Waals surface area contributed by atoms with Gasteiger partial charge in [-0.1, -0.05) is 58.4 Å². The van der Waals surface area contributed by atoms with Crippen molar-refractivity contribution in [3.63, 3.8) is 0 Å². The zero-order valence-electron chi connectivity index (χ0n) is 21.5. The van der Waals surface area contributed by atoms with Crippen LogP contribution in [-0.4, -0.2) is 52.6 Å². The van der Waals surface area contributed by atoms with Crippen molar-refractivity contribution < 1.29 is 19.1 Å². The van der Waals surface area contributed by atoms with Crippen molar-refractivity contribution in [2.45, 2.75) is 42.0 Å². The number of carbonyl (C=O) groups is 3. The topological polar surface area (TPSA) is 88.9 Å². The molecule has 12 heteroatoms. The number of carbonyl (C=O) groups excluding carboxylic acids is 3. The summed E-state index contributed by atoms with van der Waals surface area (Å²) in [6.45, 7) is 1.22. The van der Waals surface area contributed by atoms with Gasteiger partial charge < -0.3 is 9.64 Å². The predicted molar refractivity (Wildman–Crippen MR) is 156 cm³/mol. The number of amides is 3. The minimum Gasteiger partial charge on any atom is -0.497 e. The lowest BCUT2D eigenvalue weighted by Gasteiger charge is -2.31. The van der Waals surface area contributed by atoms with Crippen LogP contribution in [0.3, 0.4) is 0 Å². The maximum absolute atomic E-state index is 14.0. The maximum Gasteiger partial charge on any atom is 0.308 e. The molecule has 2 fully saturated rings. The average Bonchev–Trinajstić information content (AvgIpc) is 3.41. The lowest BCUT2D eigenvalue weighted by molar-refractivity contribution is -0.133. The van der Waals surface area contributed by atoms with E-state index in [1.807, 2.05) is 0 Å². The number of benzene rings is 2. The number of fused-ring (bicyclic) bond motifs is 2. The molecule has 2 aromatic carbocycles. The molecule has 3 aromatic rings. The maximum atomic E-state index is 14.0. The molecule has 2 saturated heterocycles. The molecule has 4 heterocycles.